The predicted octanol–water partition coefficient (Wildman–Crippen LogP) is 8.37. The summed E-state index contributed by atoms with van der Waals surface area (Å²) in [5, 5.41) is 22.5. The summed E-state index contributed by atoms with van der Waals surface area (Å²) >= 11 is 12.5. The number of carbonyl (C=O) groups excluding carboxylic acids is 1. The Morgan fingerprint density at radius 3 is 2.33 bits per heavy atom. The number of nitrogens with one attached hydrogen (secondary N) is 1. The number of aryl methyl sites for hydroxylation is 1. The van der Waals surface area contributed by atoms with E-state index in [4.69, 9.17) is 33.7 Å². The maximum atomic E-state index is 14.2. The van der Waals surface area contributed by atoms with Gasteiger partial charge in [0.1, 0.15) is 17.7 Å². The molecule has 2 aliphatic heterocycles. The number of urea groups is 1. The van der Waals surface area contributed by atoms with E-state index in [0.29, 0.717) is 67.7 Å². The highest BCUT2D eigenvalue weighted by atomic mass is 35.5. The number of carbonyl (C=O) groups is 1. The van der Waals surface area contributed by atoms with Gasteiger partial charge in [0.2, 0.25) is 0 Å². The second kappa shape index (κ2) is 17.1. The molecular formula is C44H47Cl2FN10O4. The number of H-pyrrole nitrogens is 1. The molecule has 2 fully saturated rings. The minimum Gasteiger partial charge on any atom is -0.507 e. The number of phenolic OH excluding ortho intramolecular Hbond substituents is 1. The van der Waals surface area contributed by atoms with Gasteiger partial charge >= 0.3 is 11.7 Å². The Morgan fingerprint density at radius 2 is 1.62 bits per heavy atom. The number of anilines is 2. The van der Waals surface area contributed by atoms with Crippen molar-refractivity contribution in [1.29, 1.82) is 0 Å². The minimum atomic E-state index is -0.703. The minimum absolute atomic E-state index is 0.0389. The lowest BCUT2D eigenvalue weighted by Gasteiger charge is -2.40. The van der Waals surface area contributed by atoms with Crippen LogP contribution in [0.2, 0.25) is 10.0 Å². The number of halogens is 3. The molecule has 3 aromatic heterocycles. The zero-order valence-electron chi connectivity index (χ0n) is 34.3. The number of pyridine rings is 1. The molecule has 2 amide bonds. The molecule has 6 aromatic rings. The summed E-state index contributed by atoms with van der Waals surface area (Å²) in [5.74, 6) is 0.510. The number of hydrogen-bond donors (Lipinski definition) is 3. The number of aromatic nitrogens is 6. The summed E-state index contributed by atoms with van der Waals surface area (Å²) in [5.41, 5.74) is 11.8. The summed E-state index contributed by atoms with van der Waals surface area (Å²) in [7, 11) is 0. The fourth-order valence-electron chi connectivity index (χ4n) is 8.28. The maximum absolute atomic E-state index is 14.2. The van der Waals surface area contributed by atoms with E-state index in [0.717, 1.165) is 40.8 Å². The molecule has 2 saturated heterocycles. The number of ether oxygens (including phenoxy) is 1. The lowest BCUT2D eigenvalue weighted by Crippen LogP contribution is -2.54. The highest BCUT2D eigenvalue weighted by Gasteiger charge is 2.30. The van der Waals surface area contributed by atoms with Crippen LogP contribution in [0.15, 0.2) is 78.0 Å². The van der Waals surface area contributed by atoms with Gasteiger partial charge in [-0.05, 0) is 98.3 Å². The van der Waals surface area contributed by atoms with Gasteiger partial charge in [0, 0.05) is 79.1 Å². The molecule has 14 nitrogen and oxygen atoms in total. The third-order valence-corrected chi connectivity index (χ3v) is 12.4. The maximum Gasteiger partial charge on any atom is 0.348 e. The van der Waals surface area contributed by atoms with Crippen LogP contribution in [0, 0.1) is 12.7 Å². The molecule has 0 aliphatic carbocycles. The lowest BCUT2D eigenvalue weighted by atomic mass is 9.95. The van der Waals surface area contributed by atoms with Gasteiger partial charge in [0.15, 0.2) is 17.4 Å². The summed E-state index contributed by atoms with van der Waals surface area (Å²) < 4.78 is 23.7. The Morgan fingerprint density at radius 1 is 0.934 bits per heavy atom. The number of nitrogens with zero attached hydrogens (tertiary/aromatic N) is 8. The molecule has 1 atom stereocenters. The van der Waals surface area contributed by atoms with E-state index in [2.05, 4.69) is 39.0 Å². The van der Waals surface area contributed by atoms with Crippen molar-refractivity contribution >= 4 is 40.7 Å². The van der Waals surface area contributed by atoms with Crippen molar-refractivity contribution in [2.45, 2.75) is 58.6 Å². The fraction of sp³-hybridized carbons (Fsp3) is 0.341. The van der Waals surface area contributed by atoms with Gasteiger partial charge in [-0.1, -0.05) is 37.0 Å². The van der Waals surface area contributed by atoms with Crippen molar-refractivity contribution in [2.75, 3.05) is 49.9 Å². The summed E-state index contributed by atoms with van der Waals surface area (Å²) in [6.07, 6.45) is 6.17. The summed E-state index contributed by atoms with van der Waals surface area (Å²) in [6.45, 7) is 11.6. The van der Waals surface area contributed by atoms with Crippen molar-refractivity contribution in [1.82, 2.24) is 39.3 Å². The molecule has 3 aromatic carbocycles. The Hall–Kier alpha value is -6.06. The van der Waals surface area contributed by atoms with Crippen molar-refractivity contribution in [3.63, 3.8) is 0 Å². The number of phenols is 1. The van der Waals surface area contributed by atoms with Crippen LogP contribution in [-0.2, 0) is 0 Å². The van der Waals surface area contributed by atoms with Crippen LogP contribution < -0.4 is 21.1 Å². The van der Waals surface area contributed by atoms with Crippen LogP contribution in [-0.4, -0.2) is 89.7 Å². The molecule has 0 bridgehead atoms. The quantitative estimate of drug-likeness (QED) is 0.121. The summed E-state index contributed by atoms with van der Waals surface area (Å²) in [4.78, 5) is 37.0. The molecule has 17 heteroatoms. The number of nitrogens with two attached hydrogens (primary N) is 1. The molecule has 0 radical (unpaired) electrons. The molecule has 5 heterocycles. The Kier molecular flexibility index (Phi) is 11.7. The number of piperidine rings is 1. The molecule has 0 unspecified atom stereocenters. The molecule has 2 aliphatic rings. The SMILES string of the molecule is Cc1cc(O)c(-c2n[nH]c(=O)n2-c2ccc(N3CCN(C(=O)N4CCC(n5cc(-c6cnc(N)c(O[C@H](C)c7c(Cl)ccc(F)c7Cl)c6)cn5)CC4)CC3)cc2)cc1C(C)C. The molecule has 8 rings (SSSR count). The Labute approximate surface area is 362 Å². The predicted molar refractivity (Wildman–Crippen MR) is 234 cm³/mol. The normalized spacial score (nSPS) is 15.4. The van der Waals surface area contributed by atoms with E-state index in [1.165, 1.54) is 16.7 Å². The van der Waals surface area contributed by atoms with Gasteiger partial charge in [-0.3, -0.25) is 4.68 Å². The largest absolute Gasteiger partial charge is 0.507 e. The first kappa shape index (κ1) is 41.7. The van der Waals surface area contributed by atoms with Crippen LogP contribution in [0.3, 0.4) is 0 Å². The number of piperazine rings is 1. The van der Waals surface area contributed by atoms with Gasteiger partial charge in [0.05, 0.1) is 28.5 Å². The Bertz CT molecular complexity index is 2630. The molecule has 318 valence electrons. The highest BCUT2D eigenvalue weighted by Crippen LogP contribution is 2.38. The smallest absolute Gasteiger partial charge is 0.348 e. The lowest BCUT2D eigenvalue weighted by molar-refractivity contribution is 0.129. The number of aromatic hydroxyl groups is 1. The van der Waals surface area contributed by atoms with E-state index in [1.54, 1.807) is 31.5 Å². The average Bonchev–Trinajstić information content (AvgIpc) is 3.90. The number of benzene rings is 3. The number of nitrogen functional groups attached to an aromatic ring is 1. The number of amides is 2. The van der Waals surface area contributed by atoms with E-state index >= 15 is 0 Å². The zero-order chi connectivity index (χ0) is 43.1. The van der Waals surface area contributed by atoms with E-state index in [1.807, 2.05) is 57.9 Å². The molecular weight excluding hydrogens is 822 g/mol. The van der Waals surface area contributed by atoms with E-state index < -0.39 is 17.6 Å². The van der Waals surface area contributed by atoms with Crippen molar-refractivity contribution < 1.29 is 19.0 Å². The van der Waals surface area contributed by atoms with Gasteiger partial charge < -0.3 is 30.3 Å². The average molecular weight is 870 g/mol. The van der Waals surface area contributed by atoms with Crippen molar-refractivity contribution in [2.24, 2.45) is 0 Å². The van der Waals surface area contributed by atoms with Gasteiger partial charge in [-0.25, -0.2) is 28.6 Å². The molecule has 0 spiro atoms. The van der Waals surface area contributed by atoms with Crippen LogP contribution >= 0.6 is 23.2 Å². The van der Waals surface area contributed by atoms with Crippen molar-refractivity contribution in [3.8, 4) is 39.7 Å². The second-order valence-electron chi connectivity index (χ2n) is 15.9. The number of rotatable bonds is 9. The van der Waals surface area contributed by atoms with Gasteiger partial charge in [-0.2, -0.15) is 10.2 Å². The number of hydrogen-bond acceptors (Lipinski definition) is 9. The number of aromatic amines is 1. The van der Waals surface area contributed by atoms with Gasteiger partial charge in [0.25, 0.3) is 0 Å². The fourth-order valence-corrected chi connectivity index (χ4v) is 8.95. The first-order valence-electron chi connectivity index (χ1n) is 20.3. The third-order valence-electron chi connectivity index (χ3n) is 11.7. The molecule has 0 saturated carbocycles. The standard InChI is InChI=1S/C44H47Cl2FN10O4/c1-25(2)33-21-34(37(58)19-26(33)3)42-51-52-43(59)57(42)32-7-5-30(6-8-32)53-15-17-55(18-16-53)44(60)54-13-11-31(12-14-54)56-24-29(23-50-56)28-20-38(41(48)49-22-28)61-27(4)39-35(45)9-10-36(47)40(39)46/h5-10,19-25,27,31,58H,11-18H2,1-4H3,(H2,48,49)(H,52,59)/t27-/m1/s1. The monoisotopic (exact) mass is 868 g/mol. The second-order valence-corrected chi connectivity index (χ2v) is 16.7. The van der Waals surface area contributed by atoms with Crippen LogP contribution in [0.25, 0.3) is 28.2 Å². The Balaban J connectivity index is 0.852. The zero-order valence-corrected chi connectivity index (χ0v) is 35.8. The van der Waals surface area contributed by atoms with Crippen LogP contribution in [0.5, 0.6) is 11.5 Å². The molecule has 4 N–H and O–H groups in total. The van der Waals surface area contributed by atoms with E-state index in [-0.39, 0.29) is 39.6 Å². The number of likely N-dealkylation sites (tertiary alicyclic amines) is 1. The van der Waals surface area contributed by atoms with Gasteiger partial charge in [-0.15, -0.1) is 0 Å². The van der Waals surface area contributed by atoms with Crippen LogP contribution in [0.1, 0.15) is 68.4 Å². The third kappa shape index (κ3) is 8.36. The van der Waals surface area contributed by atoms with E-state index in [9.17, 15) is 19.1 Å². The summed E-state index contributed by atoms with van der Waals surface area (Å²) in [6, 6.07) is 15.8. The topological polar surface area (TPSA) is 164 Å². The highest BCUT2D eigenvalue weighted by molar-refractivity contribution is 6.36. The molecule has 61 heavy (non-hydrogen) atoms. The first-order chi connectivity index (χ1) is 29.3. The van der Waals surface area contributed by atoms with Crippen LogP contribution in [0.4, 0.5) is 20.7 Å². The first-order valence-corrected chi connectivity index (χ1v) is 21.0. The van der Waals surface area contributed by atoms with Crippen molar-refractivity contribution in [3.05, 3.63) is 116 Å².